The topological polar surface area (TPSA) is 39.9 Å². The fraction of sp³-hybridized carbons (Fsp3) is 0.176. The van der Waals surface area contributed by atoms with Crippen LogP contribution in [0, 0.1) is 13.8 Å². The van der Waals surface area contributed by atoms with Gasteiger partial charge in [0.1, 0.15) is 0 Å². The van der Waals surface area contributed by atoms with E-state index in [-0.39, 0.29) is 0 Å². The Kier molecular flexibility index (Phi) is 4.11. The van der Waals surface area contributed by atoms with E-state index >= 15 is 0 Å². The first-order valence-corrected chi connectivity index (χ1v) is 7.35. The highest BCUT2D eigenvalue weighted by Crippen LogP contribution is 2.25. The van der Waals surface area contributed by atoms with Gasteiger partial charge in [0.05, 0.1) is 24.1 Å². The van der Waals surface area contributed by atoms with Crippen LogP contribution in [0.5, 0.6) is 11.8 Å². The second-order valence-electron chi connectivity index (χ2n) is 5.23. The highest BCUT2D eigenvalue weighted by Gasteiger charge is 2.09. The molecule has 4 nitrogen and oxygen atoms in total. The molecular formula is C17H16ClN3O. The fourth-order valence-corrected chi connectivity index (χ4v) is 2.47. The third kappa shape index (κ3) is 3.28. The van der Waals surface area contributed by atoms with Gasteiger partial charge in [-0.1, -0.05) is 41.4 Å². The Labute approximate surface area is 134 Å². The Balaban J connectivity index is 1.83. The highest BCUT2D eigenvalue weighted by molar-refractivity contribution is 6.30. The van der Waals surface area contributed by atoms with Crippen molar-refractivity contribution in [3.8, 4) is 11.8 Å². The largest absolute Gasteiger partial charge is 0.421 e. The minimum atomic E-state index is 0.537. The molecule has 112 valence electrons. The molecule has 0 fully saturated rings. The van der Waals surface area contributed by atoms with Gasteiger partial charge in [-0.25, -0.2) is 9.97 Å². The molecule has 0 saturated carbocycles. The van der Waals surface area contributed by atoms with Gasteiger partial charge in [0.2, 0.25) is 11.8 Å². The standard InChI is InChI=1S/C17H16ClN3O/c1-12-4-3-5-14(6-12)10-21-11-19-9-16(21)22-17-13(2)7-15(18)8-20-17/h3-9,11H,10H2,1-2H3. The predicted octanol–water partition coefficient (Wildman–Crippen LogP) is 4.39. The van der Waals surface area contributed by atoms with Crippen LogP contribution in [-0.4, -0.2) is 14.5 Å². The lowest BCUT2D eigenvalue weighted by Crippen LogP contribution is -2.02. The number of imidazole rings is 1. The molecule has 3 rings (SSSR count). The number of ether oxygens (including phenoxy) is 1. The predicted molar refractivity (Wildman–Crippen MR) is 86.6 cm³/mol. The molecule has 0 aliphatic rings. The van der Waals surface area contributed by atoms with E-state index in [1.165, 1.54) is 11.1 Å². The summed E-state index contributed by atoms with van der Waals surface area (Å²) in [5, 5.41) is 0.595. The van der Waals surface area contributed by atoms with Gasteiger partial charge < -0.3 is 4.74 Å². The first kappa shape index (κ1) is 14.6. The van der Waals surface area contributed by atoms with E-state index < -0.39 is 0 Å². The van der Waals surface area contributed by atoms with E-state index in [4.69, 9.17) is 16.3 Å². The maximum Gasteiger partial charge on any atom is 0.224 e. The number of hydrogen-bond donors (Lipinski definition) is 0. The Hall–Kier alpha value is -2.33. The van der Waals surface area contributed by atoms with Gasteiger partial charge in [0.25, 0.3) is 0 Å². The van der Waals surface area contributed by atoms with Crippen molar-refractivity contribution in [3.63, 3.8) is 0 Å². The van der Waals surface area contributed by atoms with Crippen molar-refractivity contribution in [2.45, 2.75) is 20.4 Å². The van der Waals surface area contributed by atoms with Crippen LogP contribution in [0.1, 0.15) is 16.7 Å². The van der Waals surface area contributed by atoms with Crippen molar-refractivity contribution in [1.82, 2.24) is 14.5 Å². The van der Waals surface area contributed by atoms with E-state index in [1.807, 2.05) is 23.6 Å². The summed E-state index contributed by atoms with van der Waals surface area (Å²) < 4.78 is 7.82. The molecule has 5 heteroatoms. The van der Waals surface area contributed by atoms with Gasteiger partial charge in [-0.2, -0.15) is 0 Å². The number of halogens is 1. The molecule has 0 aliphatic heterocycles. The lowest BCUT2D eigenvalue weighted by atomic mass is 10.1. The number of nitrogens with zero attached hydrogens (tertiary/aromatic N) is 3. The van der Waals surface area contributed by atoms with E-state index in [1.54, 1.807) is 18.7 Å². The minimum Gasteiger partial charge on any atom is -0.421 e. The van der Waals surface area contributed by atoms with Crippen LogP contribution in [0.15, 0.2) is 49.1 Å². The summed E-state index contributed by atoms with van der Waals surface area (Å²) in [4.78, 5) is 8.39. The zero-order valence-corrected chi connectivity index (χ0v) is 13.2. The van der Waals surface area contributed by atoms with Crippen LogP contribution in [0.4, 0.5) is 0 Å². The molecule has 0 unspecified atom stereocenters. The van der Waals surface area contributed by atoms with E-state index in [2.05, 4.69) is 35.1 Å². The molecule has 0 radical (unpaired) electrons. The molecular weight excluding hydrogens is 298 g/mol. The smallest absolute Gasteiger partial charge is 0.224 e. The Bertz CT molecular complexity index is 798. The summed E-state index contributed by atoms with van der Waals surface area (Å²) in [5.74, 6) is 1.19. The average molecular weight is 314 g/mol. The van der Waals surface area contributed by atoms with E-state index in [0.717, 1.165) is 5.56 Å². The van der Waals surface area contributed by atoms with Gasteiger partial charge in [-0.15, -0.1) is 0 Å². The zero-order chi connectivity index (χ0) is 15.5. The zero-order valence-electron chi connectivity index (χ0n) is 12.5. The van der Waals surface area contributed by atoms with Crippen LogP contribution in [-0.2, 0) is 6.54 Å². The Morgan fingerprint density at radius 1 is 1.18 bits per heavy atom. The normalized spacial score (nSPS) is 10.7. The van der Waals surface area contributed by atoms with Gasteiger partial charge in [0, 0.05) is 11.8 Å². The molecule has 0 spiro atoms. The van der Waals surface area contributed by atoms with E-state index in [9.17, 15) is 0 Å². The molecule has 3 aromatic rings. The SMILES string of the molecule is Cc1cccc(Cn2cncc2Oc2ncc(Cl)cc2C)c1. The lowest BCUT2D eigenvalue weighted by Gasteiger charge is -2.11. The quantitative estimate of drug-likeness (QED) is 0.717. The lowest BCUT2D eigenvalue weighted by molar-refractivity contribution is 0.417. The maximum absolute atomic E-state index is 5.92. The van der Waals surface area contributed by atoms with Crippen molar-refractivity contribution >= 4 is 11.6 Å². The molecule has 0 saturated heterocycles. The Morgan fingerprint density at radius 3 is 2.82 bits per heavy atom. The molecule has 0 atom stereocenters. The average Bonchev–Trinajstić information content (AvgIpc) is 2.89. The molecule has 0 bridgehead atoms. The van der Waals surface area contributed by atoms with Crippen molar-refractivity contribution in [1.29, 1.82) is 0 Å². The summed E-state index contributed by atoms with van der Waals surface area (Å²) in [7, 11) is 0. The third-order valence-corrected chi connectivity index (χ3v) is 3.51. The third-order valence-electron chi connectivity index (χ3n) is 3.31. The Morgan fingerprint density at radius 2 is 2.05 bits per heavy atom. The second-order valence-corrected chi connectivity index (χ2v) is 5.66. The summed E-state index contributed by atoms with van der Waals surface area (Å²) in [6.45, 7) is 4.69. The van der Waals surface area contributed by atoms with Crippen LogP contribution >= 0.6 is 11.6 Å². The first-order chi connectivity index (χ1) is 10.6. The first-order valence-electron chi connectivity index (χ1n) is 6.97. The molecule has 22 heavy (non-hydrogen) atoms. The van der Waals surface area contributed by atoms with Gasteiger partial charge in [-0.05, 0) is 25.5 Å². The number of pyridine rings is 1. The fourth-order valence-electron chi connectivity index (χ4n) is 2.25. The van der Waals surface area contributed by atoms with E-state index in [0.29, 0.717) is 23.3 Å². The molecule has 1 aromatic carbocycles. The van der Waals surface area contributed by atoms with Gasteiger partial charge >= 0.3 is 0 Å². The summed E-state index contributed by atoms with van der Waals surface area (Å²) >= 11 is 5.92. The molecule has 0 amide bonds. The molecule has 2 heterocycles. The van der Waals surface area contributed by atoms with Crippen LogP contribution < -0.4 is 4.74 Å². The van der Waals surface area contributed by atoms with Crippen LogP contribution in [0.25, 0.3) is 0 Å². The van der Waals surface area contributed by atoms with Gasteiger partial charge in [-0.3, -0.25) is 4.57 Å². The summed E-state index contributed by atoms with van der Waals surface area (Å²) in [6.07, 6.45) is 5.01. The number of aryl methyl sites for hydroxylation is 2. The number of benzene rings is 1. The summed E-state index contributed by atoms with van der Waals surface area (Å²) in [6, 6.07) is 10.2. The molecule has 0 aliphatic carbocycles. The van der Waals surface area contributed by atoms with Crippen molar-refractivity contribution in [2.75, 3.05) is 0 Å². The molecule has 0 N–H and O–H groups in total. The van der Waals surface area contributed by atoms with Crippen molar-refractivity contribution in [3.05, 3.63) is 70.8 Å². The van der Waals surface area contributed by atoms with Gasteiger partial charge in [0.15, 0.2) is 0 Å². The second kappa shape index (κ2) is 6.20. The maximum atomic E-state index is 5.92. The monoisotopic (exact) mass is 313 g/mol. The number of aromatic nitrogens is 3. The molecule has 2 aromatic heterocycles. The van der Waals surface area contributed by atoms with Crippen molar-refractivity contribution < 1.29 is 4.74 Å². The van der Waals surface area contributed by atoms with Crippen molar-refractivity contribution in [2.24, 2.45) is 0 Å². The number of rotatable bonds is 4. The minimum absolute atomic E-state index is 0.537. The van der Waals surface area contributed by atoms with Crippen LogP contribution in [0.3, 0.4) is 0 Å². The number of hydrogen-bond acceptors (Lipinski definition) is 3. The summed E-state index contributed by atoms with van der Waals surface area (Å²) in [5.41, 5.74) is 3.31. The van der Waals surface area contributed by atoms with Crippen LogP contribution in [0.2, 0.25) is 5.02 Å². The highest BCUT2D eigenvalue weighted by atomic mass is 35.5.